The lowest BCUT2D eigenvalue weighted by Crippen LogP contribution is -2.20. The Bertz CT molecular complexity index is 1280. The van der Waals surface area contributed by atoms with E-state index >= 15 is 0 Å². The molecule has 0 heterocycles. The van der Waals surface area contributed by atoms with Crippen LogP contribution >= 0.6 is 0 Å². The number of hydrogen-bond donors (Lipinski definition) is 0. The smallest absolute Gasteiger partial charge is 0.192 e. The molecule has 0 saturated carbocycles. The Morgan fingerprint density at radius 3 is 1.13 bits per heavy atom. The van der Waals surface area contributed by atoms with Crippen LogP contribution in [-0.4, -0.2) is 0 Å². The van der Waals surface area contributed by atoms with E-state index in [1.807, 2.05) is 67.5 Å². The highest BCUT2D eigenvalue weighted by Crippen LogP contribution is 2.22. The fourth-order valence-corrected chi connectivity index (χ4v) is 4.36. The van der Waals surface area contributed by atoms with Crippen LogP contribution in [0.1, 0.15) is 44.5 Å². The standard InChI is InChI=1S/C26H24N4/c1-13-15(3)23(16(4)14(2)22(13)21(11-27)12-28)24-17(5)19(7)25(20(8)18(24)6)26(29-9)30-10/h1-8H3. The second kappa shape index (κ2) is 8.25. The van der Waals surface area contributed by atoms with Gasteiger partial charge in [0.15, 0.2) is 0 Å². The van der Waals surface area contributed by atoms with Crippen molar-refractivity contribution in [1.29, 1.82) is 10.5 Å². The van der Waals surface area contributed by atoms with Crippen LogP contribution in [0.25, 0.3) is 21.1 Å². The van der Waals surface area contributed by atoms with Crippen molar-refractivity contribution in [1.82, 2.24) is 0 Å². The minimum Gasteiger partial charge on any atom is -0.192 e. The Hall–Kier alpha value is -3.86. The highest BCUT2D eigenvalue weighted by molar-refractivity contribution is 5.74. The number of nitrogens with zero attached hydrogens (tertiary/aromatic N) is 4. The third-order valence-corrected chi connectivity index (χ3v) is 6.41. The molecule has 0 aliphatic heterocycles. The maximum atomic E-state index is 9.43. The lowest BCUT2D eigenvalue weighted by molar-refractivity contribution is 1.11. The predicted octanol–water partition coefficient (Wildman–Crippen LogP) is 4.54. The zero-order valence-electron chi connectivity index (χ0n) is 18.8. The molecule has 2 rings (SSSR count). The maximum Gasteiger partial charge on any atom is 0.527 e. The van der Waals surface area contributed by atoms with E-state index in [2.05, 4.69) is 9.69 Å². The Labute approximate surface area is 178 Å². The summed E-state index contributed by atoms with van der Waals surface area (Å²) in [6, 6.07) is 4.07. The molecule has 0 aliphatic carbocycles. The van der Waals surface area contributed by atoms with Crippen LogP contribution in [-0.2, 0) is 0 Å². The largest absolute Gasteiger partial charge is 0.527 e. The van der Waals surface area contributed by atoms with Crippen molar-refractivity contribution < 1.29 is 0 Å². The van der Waals surface area contributed by atoms with Crippen molar-refractivity contribution >= 4 is 11.4 Å². The normalized spacial score (nSPS) is 9.87. The Balaban J connectivity index is 3.51. The van der Waals surface area contributed by atoms with Gasteiger partial charge in [-0.1, -0.05) is 0 Å². The monoisotopic (exact) mass is 392 g/mol. The van der Waals surface area contributed by atoms with Crippen LogP contribution in [0, 0.1) is 102 Å². The minimum absolute atomic E-state index is 0.0983. The first-order valence-corrected chi connectivity index (χ1v) is 9.59. The summed E-state index contributed by atoms with van der Waals surface area (Å²) < 4.78 is 0. The summed E-state index contributed by atoms with van der Waals surface area (Å²) in [5.41, 5.74) is 8.02. The van der Waals surface area contributed by atoms with Crippen LogP contribution < -0.4 is 10.4 Å². The van der Waals surface area contributed by atoms with Gasteiger partial charge in [0.2, 0.25) is 0 Å². The lowest BCUT2D eigenvalue weighted by Gasteiger charge is -2.16. The Morgan fingerprint density at radius 2 is 0.867 bits per heavy atom. The van der Waals surface area contributed by atoms with Crippen LogP contribution in [0.2, 0.25) is 0 Å². The van der Waals surface area contributed by atoms with Crippen molar-refractivity contribution in [2.24, 2.45) is 0 Å². The molecule has 2 aromatic rings. The van der Waals surface area contributed by atoms with Gasteiger partial charge in [-0.25, -0.2) is 0 Å². The van der Waals surface area contributed by atoms with Crippen LogP contribution in [0.15, 0.2) is 0 Å². The van der Waals surface area contributed by atoms with Crippen LogP contribution in [0.5, 0.6) is 0 Å². The molecule has 0 spiro atoms. The third kappa shape index (κ3) is 3.14. The quantitative estimate of drug-likeness (QED) is 0.618. The molecule has 0 atom stereocenters. The zero-order chi connectivity index (χ0) is 22.9. The molecule has 2 aromatic carbocycles. The lowest BCUT2D eigenvalue weighted by atomic mass is 9.88. The third-order valence-electron chi connectivity index (χ3n) is 6.41. The van der Waals surface area contributed by atoms with Gasteiger partial charge in [0, 0.05) is 5.22 Å². The molecule has 0 unspecified atom stereocenters. The molecule has 0 fully saturated rings. The molecule has 0 amide bonds. The highest BCUT2D eigenvalue weighted by atomic mass is 14.9. The second-order valence-corrected chi connectivity index (χ2v) is 7.65. The molecular weight excluding hydrogens is 368 g/mol. The molecule has 0 aliphatic rings. The fourth-order valence-electron chi connectivity index (χ4n) is 4.36. The van der Waals surface area contributed by atoms with E-state index < -0.39 is 0 Å². The molecule has 148 valence electrons. The van der Waals surface area contributed by atoms with Crippen molar-refractivity contribution in [3.8, 4) is 12.1 Å². The molecule has 4 nitrogen and oxygen atoms in total. The molecule has 0 N–H and O–H groups in total. The topological polar surface area (TPSA) is 56.3 Å². The number of nitriles is 2. The molecule has 0 bridgehead atoms. The molecule has 0 saturated heterocycles. The molecule has 0 aromatic heterocycles. The van der Waals surface area contributed by atoms with Crippen molar-refractivity contribution in [2.75, 3.05) is 0 Å². The van der Waals surface area contributed by atoms with Gasteiger partial charge in [0.25, 0.3) is 0 Å². The van der Waals surface area contributed by atoms with Gasteiger partial charge in [0.05, 0.1) is 5.22 Å². The van der Waals surface area contributed by atoms with Crippen LogP contribution in [0.4, 0.5) is 0 Å². The van der Waals surface area contributed by atoms with Crippen molar-refractivity contribution in [2.45, 2.75) is 55.4 Å². The summed E-state index contributed by atoms with van der Waals surface area (Å²) in [6.07, 6.45) is 0. The van der Waals surface area contributed by atoms with E-state index in [4.69, 9.17) is 13.1 Å². The summed E-state index contributed by atoms with van der Waals surface area (Å²) in [5.74, 6) is 0.0983. The molecular formula is C26H24N4. The Morgan fingerprint density at radius 1 is 0.567 bits per heavy atom. The van der Waals surface area contributed by atoms with Gasteiger partial charge in [-0.2, -0.15) is 20.2 Å². The first kappa shape index (κ1) is 22.4. The predicted molar refractivity (Wildman–Crippen MR) is 119 cm³/mol. The van der Waals surface area contributed by atoms with E-state index in [1.165, 1.54) is 0 Å². The van der Waals surface area contributed by atoms with Gasteiger partial charge >= 0.3 is 5.82 Å². The summed E-state index contributed by atoms with van der Waals surface area (Å²) in [5, 5.41) is 22.5. The van der Waals surface area contributed by atoms with Crippen molar-refractivity contribution in [3.05, 3.63) is 88.2 Å². The maximum absolute atomic E-state index is 9.43. The summed E-state index contributed by atoms with van der Waals surface area (Å²) in [6.45, 7) is 30.8. The SMILES string of the molecule is [C-]#[N+]C([N+]#[C-])=c1c(C)c(C)c(=c2c(C)c(C)c(=C(C#N)C#N)c(C)c2C)c(C)c1C. The van der Waals surface area contributed by atoms with Gasteiger partial charge < -0.3 is 0 Å². The fraction of sp³-hybridized carbons (Fsp3) is 0.308. The zero-order valence-corrected chi connectivity index (χ0v) is 18.8. The van der Waals surface area contributed by atoms with E-state index in [1.54, 1.807) is 0 Å². The molecule has 4 heteroatoms. The van der Waals surface area contributed by atoms with Gasteiger partial charge in [-0.15, -0.1) is 0 Å². The molecule has 30 heavy (non-hydrogen) atoms. The number of hydrogen-bond acceptors (Lipinski definition) is 2. The Kier molecular flexibility index (Phi) is 6.17. The second-order valence-electron chi connectivity index (χ2n) is 7.65. The van der Waals surface area contributed by atoms with Crippen molar-refractivity contribution in [3.63, 3.8) is 0 Å². The van der Waals surface area contributed by atoms with Gasteiger partial charge in [-0.05, 0) is 110 Å². The summed E-state index contributed by atoms with van der Waals surface area (Å²) >= 11 is 0. The summed E-state index contributed by atoms with van der Waals surface area (Å²) in [4.78, 5) is 6.89. The van der Waals surface area contributed by atoms with E-state index in [0.717, 1.165) is 65.4 Å². The average molecular weight is 393 g/mol. The average Bonchev–Trinajstić information content (AvgIpc) is 2.73. The van der Waals surface area contributed by atoms with E-state index in [-0.39, 0.29) is 11.4 Å². The minimum atomic E-state index is 0.0983. The van der Waals surface area contributed by atoms with Gasteiger partial charge in [0.1, 0.15) is 30.9 Å². The number of benzene rings is 2. The van der Waals surface area contributed by atoms with Crippen LogP contribution in [0.3, 0.4) is 0 Å². The first-order chi connectivity index (χ1) is 14.1. The highest BCUT2D eigenvalue weighted by Gasteiger charge is 2.17. The molecule has 0 radical (unpaired) electrons. The summed E-state index contributed by atoms with van der Waals surface area (Å²) in [7, 11) is 0. The first-order valence-electron chi connectivity index (χ1n) is 9.59. The van der Waals surface area contributed by atoms with E-state index in [9.17, 15) is 10.5 Å². The van der Waals surface area contributed by atoms with E-state index in [0.29, 0.717) is 0 Å². The van der Waals surface area contributed by atoms with Gasteiger partial charge in [-0.3, -0.25) is 0 Å². The number of rotatable bonds is 0.